The van der Waals surface area contributed by atoms with E-state index in [2.05, 4.69) is 4.98 Å². The second kappa shape index (κ2) is 7.63. The SMILES string of the molecule is O=S(=O)(c1ccc(SCc2ccccc2F)nc1)N1CCCCC1. The van der Waals surface area contributed by atoms with Crippen LogP contribution in [-0.2, 0) is 15.8 Å². The van der Waals surface area contributed by atoms with Gasteiger partial charge in [-0.1, -0.05) is 24.6 Å². The van der Waals surface area contributed by atoms with Gasteiger partial charge in [0, 0.05) is 25.0 Å². The average molecular weight is 366 g/mol. The summed E-state index contributed by atoms with van der Waals surface area (Å²) in [5.41, 5.74) is 0.606. The molecule has 0 N–H and O–H groups in total. The molecule has 0 atom stereocenters. The molecule has 24 heavy (non-hydrogen) atoms. The number of halogens is 1. The normalized spacial score (nSPS) is 16.2. The molecule has 0 saturated carbocycles. The molecule has 0 aliphatic carbocycles. The van der Waals surface area contributed by atoms with Gasteiger partial charge in [-0.05, 0) is 36.6 Å². The number of aromatic nitrogens is 1. The van der Waals surface area contributed by atoms with Crippen molar-refractivity contribution in [2.45, 2.75) is 34.9 Å². The zero-order valence-corrected chi connectivity index (χ0v) is 14.8. The Bertz CT molecular complexity index is 788. The van der Waals surface area contributed by atoms with E-state index in [1.165, 1.54) is 28.3 Å². The van der Waals surface area contributed by atoms with Gasteiger partial charge in [0.25, 0.3) is 0 Å². The predicted molar refractivity (Wildman–Crippen MR) is 92.8 cm³/mol. The second-order valence-corrected chi connectivity index (χ2v) is 8.61. The Morgan fingerprint density at radius 3 is 2.50 bits per heavy atom. The van der Waals surface area contributed by atoms with E-state index < -0.39 is 10.0 Å². The molecule has 1 saturated heterocycles. The molecule has 4 nitrogen and oxygen atoms in total. The molecule has 7 heteroatoms. The molecule has 1 aromatic heterocycles. The number of rotatable bonds is 5. The van der Waals surface area contributed by atoms with E-state index in [1.807, 2.05) is 0 Å². The van der Waals surface area contributed by atoms with E-state index >= 15 is 0 Å². The van der Waals surface area contributed by atoms with Crippen molar-refractivity contribution in [1.29, 1.82) is 0 Å². The monoisotopic (exact) mass is 366 g/mol. The molecule has 1 aromatic carbocycles. The van der Waals surface area contributed by atoms with Crippen molar-refractivity contribution < 1.29 is 12.8 Å². The summed E-state index contributed by atoms with van der Waals surface area (Å²) in [7, 11) is -3.45. The Balaban J connectivity index is 1.68. The minimum atomic E-state index is -3.45. The highest BCUT2D eigenvalue weighted by molar-refractivity contribution is 7.98. The van der Waals surface area contributed by atoms with E-state index in [-0.39, 0.29) is 10.7 Å². The van der Waals surface area contributed by atoms with Crippen molar-refractivity contribution in [2.75, 3.05) is 13.1 Å². The maximum absolute atomic E-state index is 13.6. The smallest absolute Gasteiger partial charge is 0.244 e. The number of thioether (sulfide) groups is 1. The van der Waals surface area contributed by atoms with Crippen LogP contribution in [0.4, 0.5) is 4.39 Å². The van der Waals surface area contributed by atoms with Crippen LogP contribution < -0.4 is 0 Å². The minimum absolute atomic E-state index is 0.222. The summed E-state index contributed by atoms with van der Waals surface area (Å²) in [4.78, 5) is 4.44. The van der Waals surface area contributed by atoms with Gasteiger partial charge in [0.15, 0.2) is 0 Å². The number of sulfonamides is 1. The van der Waals surface area contributed by atoms with Crippen molar-refractivity contribution >= 4 is 21.8 Å². The number of hydrogen-bond donors (Lipinski definition) is 0. The standard InChI is InChI=1S/C17H19FN2O2S2/c18-16-7-3-2-6-14(16)13-23-17-9-8-15(12-19-17)24(21,22)20-10-4-1-5-11-20/h2-3,6-9,12H,1,4-5,10-11,13H2. The fourth-order valence-electron chi connectivity index (χ4n) is 2.63. The molecule has 3 rings (SSSR count). The summed E-state index contributed by atoms with van der Waals surface area (Å²) in [6.45, 7) is 1.15. The third-order valence-electron chi connectivity index (χ3n) is 4.00. The Kier molecular flexibility index (Phi) is 5.53. The van der Waals surface area contributed by atoms with Gasteiger partial charge in [0.1, 0.15) is 10.7 Å². The summed E-state index contributed by atoms with van der Waals surface area (Å²) in [5, 5.41) is 0.677. The third kappa shape index (κ3) is 3.96. The van der Waals surface area contributed by atoms with Crippen LogP contribution in [0.1, 0.15) is 24.8 Å². The maximum atomic E-state index is 13.6. The summed E-state index contributed by atoms with van der Waals surface area (Å²) in [6.07, 6.45) is 4.29. The second-order valence-electron chi connectivity index (χ2n) is 5.68. The van der Waals surface area contributed by atoms with Crippen LogP contribution >= 0.6 is 11.8 Å². The Morgan fingerprint density at radius 2 is 1.83 bits per heavy atom. The highest BCUT2D eigenvalue weighted by Gasteiger charge is 2.26. The van der Waals surface area contributed by atoms with Crippen molar-refractivity contribution in [3.05, 3.63) is 54.0 Å². The molecule has 2 heterocycles. The summed E-state index contributed by atoms with van der Waals surface area (Å²) in [6, 6.07) is 9.88. The first kappa shape index (κ1) is 17.4. The zero-order chi connectivity index (χ0) is 17.0. The lowest BCUT2D eigenvalue weighted by atomic mass is 10.2. The molecule has 0 radical (unpaired) electrons. The van der Waals surface area contributed by atoms with Gasteiger partial charge < -0.3 is 0 Å². The highest BCUT2D eigenvalue weighted by atomic mass is 32.2. The molecular weight excluding hydrogens is 347 g/mol. The lowest BCUT2D eigenvalue weighted by Gasteiger charge is -2.25. The van der Waals surface area contributed by atoms with E-state index in [1.54, 1.807) is 30.3 Å². The maximum Gasteiger partial charge on any atom is 0.244 e. The van der Waals surface area contributed by atoms with E-state index in [0.717, 1.165) is 19.3 Å². The fraction of sp³-hybridized carbons (Fsp3) is 0.353. The van der Waals surface area contributed by atoms with Crippen LogP contribution in [0.15, 0.2) is 52.5 Å². The quantitative estimate of drug-likeness (QED) is 0.758. The number of nitrogens with zero attached hydrogens (tertiary/aromatic N) is 2. The first-order chi connectivity index (χ1) is 11.6. The van der Waals surface area contributed by atoms with Crippen LogP contribution in [-0.4, -0.2) is 30.8 Å². The van der Waals surface area contributed by atoms with Crippen LogP contribution in [0.25, 0.3) is 0 Å². The average Bonchev–Trinajstić information content (AvgIpc) is 2.62. The molecule has 2 aromatic rings. The van der Waals surface area contributed by atoms with Crippen LogP contribution in [0, 0.1) is 5.82 Å². The first-order valence-corrected chi connectivity index (χ1v) is 10.3. The highest BCUT2D eigenvalue weighted by Crippen LogP contribution is 2.25. The van der Waals surface area contributed by atoms with Crippen LogP contribution in [0.5, 0.6) is 0 Å². The predicted octanol–water partition coefficient (Wildman–Crippen LogP) is 3.69. The van der Waals surface area contributed by atoms with Gasteiger partial charge in [-0.15, -0.1) is 11.8 Å². The molecule has 0 bridgehead atoms. The Hall–Kier alpha value is -1.44. The molecule has 128 valence electrons. The molecule has 1 aliphatic heterocycles. The van der Waals surface area contributed by atoms with Gasteiger partial charge in [-0.25, -0.2) is 17.8 Å². The molecular formula is C17H19FN2O2S2. The van der Waals surface area contributed by atoms with Gasteiger partial charge in [0.2, 0.25) is 10.0 Å². The number of pyridine rings is 1. The lowest BCUT2D eigenvalue weighted by Crippen LogP contribution is -2.35. The largest absolute Gasteiger partial charge is 0.249 e. The van der Waals surface area contributed by atoms with E-state index in [9.17, 15) is 12.8 Å². The number of benzene rings is 1. The fourth-order valence-corrected chi connectivity index (χ4v) is 4.92. The summed E-state index contributed by atoms with van der Waals surface area (Å²) in [5.74, 6) is 0.215. The van der Waals surface area contributed by atoms with Crippen molar-refractivity contribution in [1.82, 2.24) is 9.29 Å². The molecule has 1 fully saturated rings. The molecule has 1 aliphatic rings. The summed E-state index contributed by atoms with van der Waals surface area (Å²) >= 11 is 1.38. The van der Waals surface area contributed by atoms with E-state index in [4.69, 9.17) is 0 Å². The molecule has 0 unspecified atom stereocenters. The van der Waals surface area contributed by atoms with Crippen LogP contribution in [0.2, 0.25) is 0 Å². The van der Waals surface area contributed by atoms with Crippen molar-refractivity contribution in [3.8, 4) is 0 Å². The zero-order valence-electron chi connectivity index (χ0n) is 13.2. The first-order valence-electron chi connectivity index (χ1n) is 7.90. The van der Waals surface area contributed by atoms with Gasteiger partial charge in [-0.3, -0.25) is 0 Å². The van der Waals surface area contributed by atoms with Gasteiger partial charge in [-0.2, -0.15) is 4.31 Å². The minimum Gasteiger partial charge on any atom is -0.249 e. The Morgan fingerprint density at radius 1 is 1.08 bits per heavy atom. The number of piperidine rings is 1. The number of hydrogen-bond acceptors (Lipinski definition) is 4. The van der Waals surface area contributed by atoms with Crippen LogP contribution in [0.3, 0.4) is 0 Å². The lowest BCUT2D eigenvalue weighted by molar-refractivity contribution is 0.346. The van der Waals surface area contributed by atoms with E-state index in [0.29, 0.717) is 29.4 Å². The molecule has 0 amide bonds. The third-order valence-corrected chi connectivity index (χ3v) is 6.87. The van der Waals surface area contributed by atoms with Gasteiger partial charge in [0.05, 0.1) is 5.03 Å². The van der Waals surface area contributed by atoms with Gasteiger partial charge >= 0.3 is 0 Å². The van der Waals surface area contributed by atoms with Crippen molar-refractivity contribution in [3.63, 3.8) is 0 Å². The van der Waals surface area contributed by atoms with Crippen molar-refractivity contribution in [2.24, 2.45) is 0 Å². The Labute approximate surface area is 146 Å². The molecule has 0 spiro atoms. The topological polar surface area (TPSA) is 50.3 Å². The summed E-state index contributed by atoms with van der Waals surface area (Å²) < 4.78 is 40.2.